The quantitative estimate of drug-likeness (QED) is 0.241. The van der Waals surface area contributed by atoms with Crippen molar-refractivity contribution in [3.63, 3.8) is 0 Å². The van der Waals surface area contributed by atoms with Gasteiger partial charge in [0, 0.05) is 17.1 Å². The van der Waals surface area contributed by atoms with Gasteiger partial charge in [-0.15, -0.1) is 6.58 Å². The molecule has 0 bridgehead atoms. The van der Waals surface area contributed by atoms with Gasteiger partial charge in [-0.3, -0.25) is 0 Å². The third kappa shape index (κ3) is 63.3. The van der Waals surface area contributed by atoms with E-state index in [0.29, 0.717) is 0 Å². The fraction of sp³-hybridized carbons (Fsp3) is 0.182. The van der Waals surface area contributed by atoms with Crippen LogP contribution in [0.3, 0.4) is 0 Å². The fourth-order valence-electron chi connectivity index (χ4n) is 0.390. The van der Waals surface area contributed by atoms with Gasteiger partial charge >= 0.3 is 33.9 Å². The second-order valence-electron chi connectivity index (χ2n) is 1.69. The van der Waals surface area contributed by atoms with Gasteiger partial charge in [-0.2, -0.15) is 0 Å². The predicted octanol–water partition coefficient (Wildman–Crippen LogP) is 2.58. The summed E-state index contributed by atoms with van der Waals surface area (Å²) in [4.78, 5) is 0. The molecule has 0 fully saturated rings. The van der Waals surface area contributed by atoms with Crippen LogP contribution in [0.4, 0.5) is 0 Å². The van der Waals surface area contributed by atoms with Crippen LogP contribution in [-0.4, -0.2) is 0 Å². The SMILES string of the molecule is C=CCCC(=C)C=C.[C-]#[O+].[C-]#[O+].[C-]#[O+].[Fe]. The Bertz CT molecular complexity index is 187. The Hall–Kier alpha value is -1.04. The average Bonchev–Trinajstić information content (AvgIpc) is 2.33. The molecule has 0 saturated heterocycles. The number of rotatable bonds is 4. The molecule has 0 radical (unpaired) electrons. The van der Waals surface area contributed by atoms with E-state index in [1.165, 1.54) is 0 Å². The molecule has 0 atom stereocenters. The molecule has 0 saturated carbocycles. The molecular weight excluding hydrogens is 236 g/mol. The molecule has 0 rings (SSSR count). The van der Waals surface area contributed by atoms with Crippen molar-refractivity contribution in [3.05, 3.63) is 57.4 Å². The van der Waals surface area contributed by atoms with E-state index in [-0.39, 0.29) is 17.1 Å². The summed E-state index contributed by atoms with van der Waals surface area (Å²) in [5, 5.41) is 0. The Balaban J connectivity index is -0.0000000410. The fourth-order valence-corrected chi connectivity index (χ4v) is 0.390. The third-order valence-electron chi connectivity index (χ3n) is 0.958. The largest absolute Gasteiger partial charge is 0 e. The summed E-state index contributed by atoms with van der Waals surface area (Å²) in [5.41, 5.74) is 1.09. The van der Waals surface area contributed by atoms with Crippen LogP contribution in [0, 0.1) is 20.0 Å². The van der Waals surface area contributed by atoms with Gasteiger partial charge in [-0.1, -0.05) is 30.9 Å². The van der Waals surface area contributed by atoms with E-state index in [0.717, 1.165) is 18.4 Å². The number of allylic oxidation sites excluding steroid dienone is 3. The van der Waals surface area contributed by atoms with Gasteiger partial charge < -0.3 is 0 Å². The molecule has 0 aliphatic rings. The molecule has 82 valence electrons. The van der Waals surface area contributed by atoms with Crippen molar-refractivity contribution in [2.45, 2.75) is 12.8 Å². The van der Waals surface area contributed by atoms with E-state index in [1.807, 2.05) is 6.08 Å². The van der Waals surface area contributed by atoms with Crippen molar-refractivity contribution in [3.8, 4) is 0 Å². The van der Waals surface area contributed by atoms with Crippen LogP contribution in [0.25, 0.3) is 0 Å². The van der Waals surface area contributed by atoms with Gasteiger partial charge in [0.05, 0.1) is 0 Å². The molecule has 0 aromatic carbocycles. The number of hydrogen-bond donors (Lipinski definition) is 0. The first-order valence-corrected chi connectivity index (χ1v) is 3.33. The topological polar surface area (TPSA) is 59.7 Å². The molecule has 0 aromatic heterocycles. The van der Waals surface area contributed by atoms with Crippen molar-refractivity contribution in [1.82, 2.24) is 0 Å². The van der Waals surface area contributed by atoms with E-state index >= 15 is 0 Å². The van der Waals surface area contributed by atoms with Gasteiger partial charge in [0.2, 0.25) is 0 Å². The third-order valence-corrected chi connectivity index (χ3v) is 0.958. The first kappa shape index (κ1) is 29.2. The van der Waals surface area contributed by atoms with E-state index in [4.69, 9.17) is 14.0 Å². The molecule has 0 aromatic rings. The Morgan fingerprint density at radius 2 is 1.33 bits per heavy atom. The second-order valence-corrected chi connectivity index (χ2v) is 1.69. The summed E-state index contributed by atoms with van der Waals surface area (Å²) < 4.78 is 22.5. The van der Waals surface area contributed by atoms with Crippen LogP contribution < -0.4 is 0 Å². The maximum atomic E-state index is 7.50. The molecule has 0 unspecified atom stereocenters. The molecule has 0 amide bonds. The van der Waals surface area contributed by atoms with Gasteiger partial charge in [0.15, 0.2) is 0 Å². The van der Waals surface area contributed by atoms with Crippen molar-refractivity contribution < 1.29 is 31.0 Å². The maximum absolute atomic E-state index is 7.50. The first-order chi connectivity index (χ1) is 6.81. The normalized spacial score (nSPS) is 4.67. The standard InChI is InChI=1S/C8H12.3CO.Fe/c1-4-6-7-8(3)5-2;3*1-2;/h4-5H,1-3,6-7H2;;;;. The zero-order valence-electron chi connectivity index (χ0n) is 8.27. The zero-order chi connectivity index (χ0) is 12.4. The Morgan fingerprint density at radius 1 is 1.00 bits per heavy atom. The van der Waals surface area contributed by atoms with E-state index < -0.39 is 0 Å². The van der Waals surface area contributed by atoms with Gasteiger partial charge in [0.1, 0.15) is 0 Å². The minimum absolute atomic E-state index is 0. The van der Waals surface area contributed by atoms with Gasteiger partial charge in [-0.25, -0.2) is 0 Å². The molecule has 0 heterocycles. The van der Waals surface area contributed by atoms with E-state index in [9.17, 15) is 0 Å². The summed E-state index contributed by atoms with van der Waals surface area (Å²) >= 11 is 0. The average molecular weight is 248 g/mol. The summed E-state index contributed by atoms with van der Waals surface area (Å²) in [5.74, 6) is 0. The molecule has 0 N–H and O–H groups in total. The van der Waals surface area contributed by atoms with Crippen LogP contribution in [-0.2, 0) is 31.0 Å². The zero-order valence-corrected chi connectivity index (χ0v) is 9.37. The predicted molar refractivity (Wildman–Crippen MR) is 50.6 cm³/mol. The van der Waals surface area contributed by atoms with E-state index in [2.05, 4.69) is 39.7 Å². The number of hydrogen-bond acceptors (Lipinski definition) is 0. The van der Waals surface area contributed by atoms with E-state index in [1.54, 1.807) is 6.08 Å². The Labute approximate surface area is 102 Å². The van der Waals surface area contributed by atoms with Crippen LogP contribution in [0.5, 0.6) is 0 Å². The van der Waals surface area contributed by atoms with Crippen LogP contribution in [0.1, 0.15) is 12.8 Å². The van der Waals surface area contributed by atoms with Crippen LogP contribution in [0.2, 0.25) is 0 Å². The Kier molecular flexibility index (Phi) is 102. The van der Waals surface area contributed by atoms with Crippen molar-refractivity contribution in [1.29, 1.82) is 0 Å². The van der Waals surface area contributed by atoms with Gasteiger partial charge in [0.25, 0.3) is 0 Å². The molecule has 3 nitrogen and oxygen atoms in total. The van der Waals surface area contributed by atoms with Crippen LogP contribution in [0.15, 0.2) is 37.5 Å². The Morgan fingerprint density at radius 3 is 1.53 bits per heavy atom. The summed E-state index contributed by atoms with van der Waals surface area (Å²) in [7, 11) is 0. The van der Waals surface area contributed by atoms with Crippen molar-refractivity contribution in [2.75, 3.05) is 0 Å². The molecule has 0 spiro atoms. The summed E-state index contributed by atoms with van der Waals surface area (Å²) in [6, 6.07) is 0. The first-order valence-electron chi connectivity index (χ1n) is 3.33. The monoisotopic (exact) mass is 248 g/mol. The van der Waals surface area contributed by atoms with Crippen LogP contribution >= 0.6 is 0 Å². The minimum Gasteiger partial charge on any atom is 0 e. The summed E-state index contributed by atoms with van der Waals surface area (Å²) in [6.07, 6.45) is 5.66. The molecular formula is C11H12FeO3. The van der Waals surface area contributed by atoms with Gasteiger partial charge in [-0.05, 0) is 12.8 Å². The van der Waals surface area contributed by atoms with Crippen molar-refractivity contribution in [2.24, 2.45) is 0 Å². The molecule has 15 heavy (non-hydrogen) atoms. The minimum atomic E-state index is 0. The second kappa shape index (κ2) is 52.2. The molecule has 0 aliphatic carbocycles. The maximum Gasteiger partial charge on any atom is 0 e. The molecule has 0 aliphatic heterocycles. The molecule has 4 heteroatoms. The summed E-state index contributed by atoms with van der Waals surface area (Å²) in [6.45, 7) is 24.4. The smallest absolute Gasteiger partial charge is 0 e. The van der Waals surface area contributed by atoms with Crippen molar-refractivity contribution >= 4 is 0 Å².